The van der Waals surface area contributed by atoms with Crippen molar-refractivity contribution in [3.8, 4) is 5.75 Å². The third-order valence-corrected chi connectivity index (χ3v) is 5.20. The van der Waals surface area contributed by atoms with Crippen LogP contribution in [-0.2, 0) is 4.74 Å². The van der Waals surface area contributed by atoms with E-state index in [0.29, 0.717) is 24.2 Å². The molecule has 3 rings (SSSR count). The summed E-state index contributed by atoms with van der Waals surface area (Å²) in [6.07, 6.45) is 5.51. The Labute approximate surface area is 128 Å². The maximum absolute atomic E-state index is 5.93. The molecule has 2 fully saturated rings. The lowest BCUT2D eigenvalue weighted by atomic mass is 9.51. The largest absolute Gasteiger partial charge is 0.492 e. The lowest BCUT2D eigenvalue weighted by Crippen LogP contribution is -2.64. The molecule has 3 nitrogen and oxygen atoms in total. The van der Waals surface area contributed by atoms with E-state index in [1.165, 1.54) is 24.8 Å². The zero-order valence-corrected chi connectivity index (χ0v) is 13.4. The average Bonchev–Trinajstić information content (AvgIpc) is 2.38. The van der Waals surface area contributed by atoms with E-state index in [9.17, 15) is 0 Å². The van der Waals surface area contributed by atoms with Crippen LogP contribution in [0.25, 0.3) is 0 Å². The molecule has 2 atom stereocenters. The van der Waals surface area contributed by atoms with Crippen LogP contribution in [0, 0.1) is 12.3 Å². The van der Waals surface area contributed by atoms with Gasteiger partial charge in [0.2, 0.25) is 0 Å². The number of nitrogens with one attached hydrogen (secondary N) is 1. The van der Waals surface area contributed by atoms with Crippen LogP contribution in [0.15, 0.2) is 18.2 Å². The van der Waals surface area contributed by atoms with Gasteiger partial charge in [0.05, 0.1) is 18.4 Å². The summed E-state index contributed by atoms with van der Waals surface area (Å²) in [6.45, 7) is 7.77. The van der Waals surface area contributed by atoms with Crippen LogP contribution >= 0.6 is 0 Å². The fourth-order valence-electron chi connectivity index (χ4n) is 3.85. The van der Waals surface area contributed by atoms with Gasteiger partial charge in [-0.1, -0.05) is 12.5 Å². The molecule has 0 saturated heterocycles. The average molecular weight is 289 g/mol. The molecule has 1 aromatic carbocycles. The second-order valence-electron chi connectivity index (χ2n) is 6.40. The molecule has 0 aliphatic heterocycles. The quantitative estimate of drug-likeness (QED) is 0.853. The zero-order valence-electron chi connectivity index (χ0n) is 13.4. The molecule has 1 aromatic rings. The van der Waals surface area contributed by atoms with Gasteiger partial charge in [-0.05, 0) is 57.7 Å². The Hall–Kier alpha value is -1.22. The molecule has 21 heavy (non-hydrogen) atoms. The fourth-order valence-corrected chi connectivity index (χ4v) is 3.85. The number of hydrogen-bond acceptors (Lipinski definition) is 3. The van der Waals surface area contributed by atoms with Gasteiger partial charge in [-0.25, -0.2) is 0 Å². The number of benzene rings is 1. The molecule has 3 heteroatoms. The van der Waals surface area contributed by atoms with Crippen LogP contribution in [0.5, 0.6) is 5.75 Å². The van der Waals surface area contributed by atoms with Crippen LogP contribution in [0.3, 0.4) is 0 Å². The molecule has 2 unspecified atom stereocenters. The molecule has 0 radical (unpaired) electrons. The molecule has 0 aromatic heterocycles. The molecule has 2 saturated carbocycles. The molecular weight excluding hydrogens is 262 g/mol. The summed E-state index contributed by atoms with van der Waals surface area (Å²) in [6, 6.07) is 6.96. The number of aryl methyl sites for hydroxylation is 1. The van der Waals surface area contributed by atoms with Gasteiger partial charge in [-0.3, -0.25) is 0 Å². The van der Waals surface area contributed by atoms with Gasteiger partial charge in [0, 0.05) is 18.1 Å². The smallest absolute Gasteiger partial charge is 0.142 e. The van der Waals surface area contributed by atoms with E-state index in [-0.39, 0.29) is 0 Å². The maximum Gasteiger partial charge on any atom is 0.142 e. The molecule has 2 aliphatic rings. The van der Waals surface area contributed by atoms with Crippen LogP contribution in [0.2, 0.25) is 0 Å². The summed E-state index contributed by atoms with van der Waals surface area (Å²) in [5, 5.41) is 3.74. The van der Waals surface area contributed by atoms with Crippen molar-refractivity contribution in [1.29, 1.82) is 0 Å². The number of ether oxygens (including phenoxy) is 2. The third kappa shape index (κ3) is 2.52. The van der Waals surface area contributed by atoms with E-state index < -0.39 is 0 Å². The van der Waals surface area contributed by atoms with Crippen molar-refractivity contribution < 1.29 is 9.47 Å². The van der Waals surface area contributed by atoms with Gasteiger partial charge < -0.3 is 14.8 Å². The van der Waals surface area contributed by atoms with E-state index in [4.69, 9.17) is 9.47 Å². The highest BCUT2D eigenvalue weighted by Gasteiger charge is 2.59. The zero-order chi connectivity index (χ0) is 14.9. The number of rotatable bonds is 6. The fraction of sp³-hybridized carbons (Fsp3) is 0.667. The van der Waals surface area contributed by atoms with Gasteiger partial charge in [0.1, 0.15) is 5.75 Å². The van der Waals surface area contributed by atoms with E-state index in [1.54, 1.807) is 0 Å². The molecule has 116 valence electrons. The van der Waals surface area contributed by atoms with Crippen molar-refractivity contribution >= 4 is 5.69 Å². The van der Waals surface area contributed by atoms with Crippen LogP contribution in [0.1, 0.15) is 45.1 Å². The standard InChI is InChI=1S/C18H27NO2/c1-4-20-15-11-13(3)7-8-14(15)19-16-12-17(21-5-2)18(16)9-6-10-18/h7-8,11,16-17,19H,4-6,9-10,12H2,1-3H3. The minimum Gasteiger partial charge on any atom is -0.492 e. The highest BCUT2D eigenvalue weighted by molar-refractivity contribution is 5.59. The SMILES string of the molecule is CCOc1cc(C)ccc1NC1CC(OCC)C12CCC2. The van der Waals surface area contributed by atoms with Gasteiger partial charge >= 0.3 is 0 Å². The molecule has 1 N–H and O–H groups in total. The molecular formula is C18H27NO2. The molecule has 0 bridgehead atoms. The first-order valence-electron chi connectivity index (χ1n) is 8.31. The second kappa shape index (κ2) is 5.88. The van der Waals surface area contributed by atoms with E-state index >= 15 is 0 Å². The predicted molar refractivity (Wildman–Crippen MR) is 86.1 cm³/mol. The minimum absolute atomic E-state index is 0.379. The number of anilines is 1. The van der Waals surface area contributed by atoms with Crippen molar-refractivity contribution in [2.45, 2.75) is 58.6 Å². The molecule has 0 amide bonds. The van der Waals surface area contributed by atoms with Crippen LogP contribution < -0.4 is 10.1 Å². The summed E-state index contributed by atoms with van der Waals surface area (Å²) >= 11 is 0. The Balaban J connectivity index is 1.73. The van der Waals surface area contributed by atoms with Gasteiger partial charge in [0.25, 0.3) is 0 Å². The van der Waals surface area contributed by atoms with Crippen LogP contribution in [-0.4, -0.2) is 25.4 Å². The lowest BCUT2D eigenvalue weighted by Gasteiger charge is -2.61. The molecule has 1 spiro atoms. The lowest BCUT2D eigenvalue weighted by molar-refractivity contribution is -0.157. The Bertz CT molecular complexity index is 496. The normalized spacial score (nSPS) is 26.0. The second-order valence-corrected chi connectivity index (χ2v) is 6.40. The summed E-state index contributed by atoms with van der Waals surface area (Å²) in [5.41, 5.74) is 2.75. The van der Waals surface area contributed by atoms with E-state index in [0.717, 1.165) is 24.5 Å². The highest BCUT2D eigenvalue weighted by Crippen LogP contribution is 2.58. The van der Waals surface area contributed by atoms with Crippen molar-refractivity contribution in [2.24, 2.45) is 5.41 Å². The Morgan fingerprint density at radius 1 is 1.24 bits per heavy atom. The minimum atomic E-state index is 0.379. The van der Waals surface area contributed by atoms with Crippen molar-refractivity contribution in [3.63, 3.8) is 0 Å². The van der Waals surface area contributed by atoms with Crippen molar-refractivity contribution in [3.05, 3.63) is 23.8 Å². The topological polar surface area (TPSA) is 30.5 Å². The molecule has 2 aliphatic carbocycles. The van der Waals surface area contributed by atoms with Gasteiger partial charge in [-0.2, -0.15) is 0 Å². The monoisotopic (exact) mass is 289 g/mol. The molecule has 0 heterocycles. The summed E-state index contributed by atoms with van der Waals surface area (Å²) in [4.78, 5) is 0. The summed E-state index contributed by atoms with van der Waals surface area (Å²) < 4.78 is 11.7. The Kier molecular flexibility index (Phi) is 4.12. The van der Waals surface area contributed by atoms with Crippen molar-refractivity contribution in [2.75, 3.05) is 18.5 Å². The Morgan fingerprint density at radius 3 is 2.67 bits per heavy atom. The Morgan fingerprint density at radius 2 is 2.05 bits per heavy atom. The van der Waals surface area contributed by atoms with Crippen LogP contribution in [0.4, 0.5) is 5.69 Å². The van der Waals surface area contributed by atoms with Gasteiger partial charge in [0.15, 0.2) is 0 Å². The van der Waals surface area contributed by atoms with Crippen molar-refractivity contribution in [1.82, 2.24) is 0 Å². The number of hydrogen-bond donors (Lipinski definition) is 1. The highest BCUT2D eigenvalue weighted by atomic mass is 16.5. The summed E-state index contributed by atoms with van der Waals surface area (Å²) in [5.74, 6) is 0.979. The predicted octanol–water partition coefficient (Wildman–Crippen LogP) is 4.15. The summed E-state index contributed by atoms with van der Waals surface area (Å²) in [7, 11) is 0. The first-order valence-corrected chi connectivity index (χ1v) is 8.31. The third-order valence-electron chi connectivity index (χ3n) is 5.20. The maximum atomic E-state index is 5.93. The van der Waals surface area contributed by atoms with E-state index in [1.807, 2.05) is 6.92 Å². The van der Waals surface area contributed by atoms with Gasteiger partial charge in [-0.15, -0.1) is 0 Å². The van der Waals surface area contributed by atoms with E-state index in [2.05, 4.69) is 37.4 Å². The first kappa shape index (κ1) is 14.7. The first-order chi connectivity index (χ1) is 10.2.